The van der Waals surface area contributed by atoms with Gasteiger partial charge in [-0.05, 0) is 84.8 Å². The lowest BCUT2D eigenvalue weighted by Gasteiger charge is -2.32. The minimum Gasteiger partial charge on any atom is -0.492 e. The van der Waals surface area contributed by atoms with Crippen LogP contribution in [0.3, 0.4) is 0 Å². The van der Waals surface area contributed by atoms with Gasteiger partial charge in [-0.2, -0.15) is 5.26 Å². The van der Waals surface area contributed by atoms with E-state index in [9.17, 15) is 10.1 Å². The molecule has 0 aliphatic carbocycles. The zero-order valence-electron chi connectivity index (χ0n) is 20.8. The fourth-order valence-corrected chi connectivity index (χ4v) is 3.64. The summed E-state index contributed by atoms with van der Waals surface area (Å²) < 4.78 is 23.4. The smallest absolute Gasteiger partial charge is 0.492 e. The van der Waals surface area contributed by atoms with Gasteiger partial charge in [0.15, 0.2) is 0 Å². The van der Waals surface area contributed by atoms with Crippen molar-refractivity contribution >= 4 is 18.7 Å². The second-order valence-corrected chi connectivity index (χ2v) is 10.7. The molecule has 1 aromatic carbocycles. The van der Waals surface area contributed by atoms with Gasteiger partial charge in [-0.15, -0.1) is 5.06 Å². The maximum absolute atomic E-state index is 11.8. The maximum Gasteiger partial charge on any atom is 0.528 e. The summed E-state index contributed by atoms with van der Waals surface area (Å²) in [6.45, 7) is 15.1. The van der Waals surface area contributed by atoms with Crippen molar-refractivity contribution < 1.29 is 28.4 Å². The summed E-state index contributed by atoms with van der Waals surface area (Å²) in [5.74, 6) is 0.850. The largest absolute Gasteiger partial charge is 0.528 e. The Balaban J connectivity index is 1.51. The number of benzene rings is 1. The molecule has 2 saturated heterocycles. The molecule has 0 N–H and O–H groups in total. The van der Waals surface area contributed by atoms with E-state index in [4.69, 9.17) is 23.6 Å². The van der Waals surface area contributed by atoms with Crippen molar-refractivity contribution in [2.75, 3.05) is 19.7 Å². The average molecular weight is 458 g/mol. The first-order valence-corrected chi connectivity index (χ1v) is 11.5. The molecule has 0 atom stereocenters. The van der Waals surface area contributed by atoms with E-state index >= 15 is 0 Å². The van der Waals surface area contributed by atoms with E-state index in [1.54, 1.807) is 38.0 Å². The van der Waals surface area contributed by atoms with Gasteiger partial charge in [-0.3, -0.25) is 0 Å². The molecule has 0 saturated carbocycles. The second kappa shape index (κ2) is 9.53. The molecule has 180 valence electrons. The van der Waals surface area contributed by atoms with Crippen LogP contribution in [0.2, 0.25) is 0 Å². The molecule has 0 bridgehead atoms. The van der Waals surface area contributed by atoms with Crippen LogP contribution >= 0.6 is 0 Å². The van der Waals surface area contributed by atoms with Gasteiger partial charge < -0.3 is 23.6 Å². The highest BCUT2D eigenvalue weighted by Crippen LogP contribution is 2.36. The molecular weight excluding hydrogens is 423 g/mol. The van der Waals surface area contributed by atoms with Crippen molar-refractivity contribution in [2.24, 2.45) is 5.92 Å². The van der Waals surface area contributed by atoms with Gasteiger partial charge in [0.05, 0.1) is 23.4 Å². The number of carbonyl (C=O) groups excluding carboxylic acids is 1. The molecule has 0 unspecified atom stereocenters. The number of carbonyl (C=O) groups is 1. The fourth-order valence-electron chi connectivity index (χ4n) is 3.64. The van der Waals surface area contributed by atoms with Gasteiger partial charge in [-0.1, -0.05) is 6.07 Å². The third-order valence-corrected chi connectivity index (χ3v) is 6.29. The van der Waals surface area contributed by atoms with Gasteiger partial charge in [0.25, 0.3) is 0 Å². The zero-order valence-corrected chi connectivity index (χ0v) is 20.8. The molecule has 3 rings (SSSR count). The minimum absolute atomic E-state index is 0.304. The molecule has 0 radical (unpaired) electrons. The van der Waals surface area contributed by atoms with Crippen molar-refractivity contribution in [3.63, 3.8) is 0 Å². The van der Waals surface area contributed by atoms with Crippen LogP contribution in [-0.2, 0) is 18.9 Å². The molecular formula is C24H35BN2O6. The maximum atomic E-state index is 11.8. The molecule has 0 amide bonds. The lowest BCUT2D eigenvalue weighted by atomic mass is 9.78. The van der Waals surface area contributed by atoms with E-state index in [-0.39, 0.29) is 0 Å². The third kappa shape index (κ3) is 6.41. The number of ether oxygens (including phenoxy) is 2. The number of rotatable bonds is 5. The normalized spacial score (nSPS) is 20.8. The number of hydrogen-bond acceptors (Lipinski definition) is 8. The third-order valence-electron chi connectivity index (χ3n) is 6.29. The number of hydroxylamine groups is 2. The van der Waals surface area contributed by atoms with E-state index in [0.29, 0.717) is 36.9 Å². The lowest BCUT2D eigenvalue weighted by molar-refractivity contribution is -0.156. The summed E-state index contributed by atoms with van der Waals surface area (Å²) in [7, 11) is -0.523. The Bertz CT molecular complexity index is 881. The fraction of sp³-hybridized carbons (Fsp3) is 0.667. The predicted octanol–water partition coefficient (Wildman–Crippen LogP) is 3.81. The first-order chi connectivity index (χ1) is 15.3. The van der Waals surface area contributed by atoms with Gasteiger partial charge in [0.2, 0.25) is 0 Å². The van der Waals surface area contributed by atoms with Crippen molar-refractivity contribution in [1.82, 2.24) is 5.06 Å². The highest BCUT2D eigenvalue weighted by atomic mass is 16.8. The molecule has 9 heteroatoms. The Morgan fingerprint density at radius 1 is 1.18 bits per heavy atom. The Hall–Kier alpha value is -2.28. The van der Waals surface area contributed by atoms with Crippen LogP contribution in [0.5, 0.6) is 5.75 Å². The van der Waals surface area contributed by atoms with Crippen LogP contribution in [0.4, 0.5) is 4.79 Å². The van der Waals surface area contributed by atoms with E-state index in [1.807, 2.05) is 33.8 Å². The highest BCUT2D eigenvalue weighted by Gasteiger charge is 2.51. The summed E-state index contributed by atoms with van der Waals surface area (Å²) >= 11 is 0. The van der Waals surface area contributed by atoms with Gasteiger partial charge in [0, 0.05) is 13.1 Å². The molecule has 0 spiro atoms. The van der Waals surface area contributed by atoms with E-state index in [0.717, 1.165) is 18.3 Å². The molecule has 2 heterocycles. The van der Waals surface area contributed by atoms with Crippen molar-refractivity contribution in [1.29, 1.82) is 5.26 Å². The van der Waals surface area contributed by atoms with Crippen molar-refractivity contribution in [2.45, 2.75) is 78.1 Å². The molecule has 8 nitrogen and oxygen atoms in total. The van der Waals surface area contributed by atoms with Crippen LogP contribution < -0.4 is 10.2 Å². The summed E-state index contributed by atoms with van der Waals surface area (Å²) in [5.41, 5.74) is -0.221. The average Bonchev–Trinajstić information content (AvgIpc) is 2.93. The first-order valence-electron chi connectivity index (χ1n) is 11.5. The lowest BCUT2D eigenvalue weighted by Crippen LogP contribution is -2.41. The van der Waals surface area contributed by atoms with Crippen LogP contribution in [-0.4, -0.2) is 54.8 Å². The molecule has 2 aliphatic heterocycles. The summed E-state index contributed by atoms with van der Waals surface area (Å²) in [6, 6.07) is 7.68. The van der Waals surface area contributed by atoms with Crippen molar-refractivity contribution in [3.05, 3.63) is 23.8 Å². The first kappa shape index (κ1) is 25.3. The number of nitrogens with zero attached hydrogens (tertiary/aromatic N) is 2. The van der Waals surface area contributed by atoms with Crippen LogP contribution in [0, 0.1) is 17.2 Å². The highest BCUT2D eigenvalue weighted by molar-refractivity contribution is 6.62. The quantitative estimate of drug-likeness (QED) is 0.486. The van der Waals surface area contributed by atoms with Gasteiger partial charge in [-0.25, -0.2) is 4.79 Å². The second-order valence-electron chi connectivity index (χ2n) is 10.7. The summed E-state index contributed by atoms with van der Waals surface area (Å²) in [5, 5.41) is 11.3. The Kier molecular flexibility index (Phi) is 7.32. The van der Waals surface area contributed by atoms with Crippen LogP contribution in [0.1, 0.15) is 66.9 Å². The van der Waals surface area contributed by atoms with Crippen LogP contribution in [0.25, 0.3) is 0 Å². The molecule has 33 heavy (non-hydrogen) atoms. The molecule has 1 aromatic rings. The SMILES string of the molecule is CC(C)(C)OC(=O)ON1CCC(COc2ccc(B3OC(C)(C)C(C)(C)O3)cc2C#N)CC1. The Labute approximate surface area is 197 Å². The predicted molar refractivity (Wildman–Crippen MR) is 124 cm³/mol. The van der Waals surface area contributed by atoms with Gasteiger partial charge >= 0.3 is 13.3 Å². The minimum atomic E-state index is -0.682. The van der Waals surface area contributed by atoms with E-state index in [1.165, 1.54) is 0 Å². The molecule has 2 fully saturated rings. The number of nitriles is 1. The number of piperidine rings is 1. The number of hydrogen-bond donors (Lipinski definition) is 0. The molecule has 0 aromatic heterocycles. The van der Waals surface area contributed by atoms with Gasteiger partial charge in [0.1, 0.15) is 17.4 Å². The molecule has 2 aliphatic rings. The summed E-state index contributed by atoms with van der Waals surface area (Å²) in [6.07, 6.45) is 0.950. The standard InChI is InChI=1S/C24H35BN2O6/c1-22(2,3)30-21(28)31-27-12-10-17(11-13-27)16-29-20-9-8-19(14-18(20)15-26)25-32-23(4,5)24(6,7)33-25/h8-9,14,17H,10-13,16H2,1-7H3. The zero-order chi connectivity index (χ0) is 24.4. The van der Waals surface area contributed by atoms with Crippen LogP contribution in [0.15, 0.2) is 18.2 Å². The summed E-state index contributed by atoms with van der Waals surface area (Å²) in [4.78, 5) is 17.1. The van der Waals surface area contributed by atoms with E-state index in [2.05, 4.69) is 6.07 Å². The topological polar surface area (TPSA) is 90.2 Å². The Morgan fingerprint density at radius 3 is 2.33 bits per heavy atom. The van der Waals surface area contributed by atoms with Crippen molar-refractivity contribution in [3.8, 4) is 11.8 Å². The Morgan fingerprint density at radius 2 is 1.79 bits per heavy atom. The van der Waals surface area contributed by atoms with E-state index < -0.39 is 30.1 Å². The monoisotopic (exact) mass is 458 g/mol.